The molecule has 0 bridgehead atoms. The average Bonchev–Trinajstić information content (AvgIpc) is 3.27. The van der Waals surface area contributed by atoms with Gasteiger partial charge >= 0.3 is 0 Å². The van der Waals surface area contributed by atoms with Gasteiger partial charge in [-0.1, -0.05) is 120 Å². The van der Waals surface area contributed by atoms with Crippen molar-refractivity contribution in [1.29, 1.82) is 0 Å². The van der Waals surface area contributed by atoms with Crippen molar-refractivity contribution in [3.63, 3.8) is 0 Å². The van der Waals surface area contributed by atoms with Crippen molar-refractivity contribution in [3.05, 3.63) is 65.0 Å². The molecule has 0 spiro atoms. The first kappa shape index (κ1) is 29.9. The molecule has 1 N–H and O–H groups in total. The highest BCUT2D eigenvalue weighted by atomic mass is 16.1. The number of carbonyl (C=O) groups excluding carboxylic acids is 1. The zero-order chi connectivity index (χ0) is 27.2. The lowest BCUT2D eigenvalue weighted by molar-refractivity contribution is 0.0937. The normalized spacial score (nSPS) is 12.2. The average molecular weight is 518 g/mol. The maximum absolute atomic E-state index is 13.0. The van der Waals surface area contributed by atoms with Crippen molar-refractivity contribution in [2.24, 2.45) is 0 Å². The lowest BCUT2D eigenvalue weighted by Crippen LogP contribution is -2.29. The van der Waals surface area contributed by atoms with Crippen LogP contribution in [-0.2, 0) is 6.54 Å². The number of nitrogens with zero attached hydrogens (tertiary/aromatic N) is 2. The van der Waals surface area contributed by atoms with Crippen LogP contribution in [0.3, 0.4) is 0 Å². The van der Waals surface area contributed by atoms with E-state index in [0.29, 0.717) is 0 Å². The highest BCUT2D eigenvalue weighted by molar-refractivity contribution is 5.96. The van der Waals surface area contributed by atoms with E-state index in [1.54, 1.807) is 0 Å². The van der Waals surface area contributed by atoms with Gasteiger partial charge in [-0.3, -0.25) is 4.79 Å². The Hall–Kier alpha value is -2.62. The van der Waals surface area contributed by atoms with Crippen LogP contribution in [-0.4, -0.2) is 15.5 Å². The number of fused-ring (bicyclic) bond motifs is 1. The van der Waals surface area contributed by atoms with E-state index in [1.807, 2.05) is 32.0 Å². The number of unbranched alkanes of at least 4 members (excludes halogenated alkanes) is 13. The Labute approximate surface area is 231 Å². The number of para-hydroxylation sites is 2. The summed E-state index contributed by atoms with van der Waals surface area (Å²) in [6.45, 7) is 9.32. The molecule has 0 aliphatic heterocycles. The summed E-state index contributed by atoms with van der Waals surface area (Å²) in [5, 5.41) is 3.20. The molecule has 0 saturated heterocycles. The summed E-state index contributed by atoms with van der Waals surface area (Å²) < 4.78 is 2.32. The van der Waals surface area contributed by atoms with E-state index in [2.05, 4.69) is 48.0 Å². The van der Waals surface area contributed by atoms with Crippen molar-refractivity contribution >= 4 is 16.9 Å². The van der Waals surface area contributed by atoms with Crippen LogP contribution in [0, 0.1) is 13.8 Å². The van der Waals surface area contributed by atoms with Gasteiger partial charge in [0.25, 0.3) is 5.91 Å². The molecule has 0 saturated carbocycles. The minimum absolute atomic E-state index is 0.0369. The fourth-order valence-electron chi connectivity index (χ4n) is 5.53. The quantitative estimate of drug-likeness (QED) is 0.171. The standard InChI is InChI=1S/C34H51N3O/c1-5-6-7-8-9-10-11-12-13-14-15-16-17-20-25-37-32-22-19-18-21-31(32)36-33(37)29(4)35-34(38)30-24-23-27(2)26-28(30)3/h18-19,21-24,26,29H,5-17,20,25H2,1-4H3,(H,35,38). The first-order valence-electron chi connectivity index (χ1n) is 15.3. The Morgan fingerprint density at radius 3 is 2.00 bits per heavy atom. The van der Waals surface area contributed by atoms with E-state index < -0.39 is 0 Å². The van der Waals surface area contributed by atoms with E-state index in [0.717, 1.165) is 41.0 Å². The van der Waals surface area contributed by atoms with Crippen LogP contribution in [0.2, 0.25) is 0 Å². The van der Waals surface area contributed by atoms with Gasteiger partial charge in [-0.25, -0.2) is 4.98 Å². The number of amides is 1. The van der Waals surface area contributed by atoms with Crippen LogP contribution < -0.4 is 5.32 Å². The van der Waals surface area contributed by atoms with E-state index >= 15 is 0 Å². The predicted octanol–water partition coefficient (Wildman–Crippen LogP) is 9.63. The maximum Gasteiger partial charge on any atom is 0.252 e. The minimum atomic E-state index is -0.165. The molecular weight excluding hydrogens is 466 g/mol. The number of imidazole rings is 1. The molecule has 0 fully saturated rings. The van der Waals surface area contributed by atoms with Gasteiger partial charge in [0.1, 0.15) is 5.82 Å². The summed E-state index contributed by atoms with van der Waals surface area (Å²) in [6, 6.07) is 14.1. The van der Waals surface area contributed by atoms with E-state index in [4.69, 9.17) is 4.98 Å². The summed E-state index contributed by atoms with van der Waals surface area (Å²) >= 11 is 0. The zero-order valence-electron chi connectivity index (χ0n) is 24.5. The summed E-state index contributed by atoms with van der Waals surface area (Å²) in [5.41, 5.74) is 5.06. The van der Waals surface area contributed by atoms with E-state index in [9.17, 15) is 4.79 Å². The molecule has 1 atom stereocenters. The second kappa shape index (κ2) is 16.4. The molecule has 1 aromatic heterocycles. The molecule has 3 aromatic rings. The second-order valence-electron chi connectivity index (χ2n) is 11.2. The predicted molar refractivity (Wildman–Crippen MR) is 162 cm³/mol. The third kappa shape index (κ3) is 9.29. The molecule has 3 rings (SSSR count). The smallest absolute Gasteiger partial charge is 0.252 e. The number of hydrogen-bond donors (Lipinski definition) is 1. The largest absolute Gasteiger partial charge is 0.342 e. The zero-order valence-corrected chi connectivity index (χ0v) is 24.5. The summed E-state index contributed by atoms with van der Waals surface area (Å²) in [6.07, 6.45) is 19.1. The van der Waals surface area contributed by atoms with Crippen molar-refractivity contribution in [2.45, 2.75) is 130 Å². The van der Waals surface area contributed by atoms with Gasteiger partial charge in [-0.2, -0.15) is 0 Å². The van der Waals surface area contributed by atoms with Gasteiger partial charge in [0.2, 0.25) is 0 Å². The number of aromatic nitrogens is 2. The monoisotopic (exact) mass is 517 g/mol. The van der Waals surface area contributed by atoms with Gasteiger partial charge in [0.05, 0.1) is 17.1 Å². The molecule has 1 heterocycles. The van der Waals surface area contributed by atoms with Crippen LogP contribution in [0.15, 0.2) is 42.5 Å². The SMILES string of the molecule is CCCCCCCCCCCCCCCCn1c(C(C)NC(=O)c2ccc(C)cc2C)nc2ccccc21. The highest BCUT2D eigenvalue weighted by Gasteiger charge is 2.19. The molecule has 0 radical (unpaired) electrons. The lowest BCUT2D eigenvalue weighted by Gasteiger charge is -2.17. The number of nitrogens with one attached hydrogen (secondary N) is 1. The van der Waals surface area contributed by atoms with Crippen molar-refractivity contribution in [1.82, 2.24) is 14.9 Å². The third-order valence-corrected chi connectivity index (χ3v) is 7.78. The van der Waals surface area contributed by atoms with Crippen LogP contribution in [0.5, 0.6) is 0 Å². The summed E-state index contributed by atoms with van der Waals surface area (Å²) in [7, 11) is 0. The van der Waals surface area contributed by atoms with Gasteiger partial charge in [-0.15, -0.1) is 0 Å². The molecule has 2 aromatic carbocycles. The van der Waals surface area contributed by atoms with Crippen molar-refractivity contribution in [2.75, 3.05) is 0 Å². The van der Waals surface area contributed by atoms with Gasteiger partial charge < -0.3 is 9.88 Å². The van der Waals surface area contributed by atoms with Crippen LogP contribution in [0.1, 0.15) is 137 Å². The Kier molecular flexibility index (Phi) is 12.9. The molecule has 4 heteroatoms. The molecule has 1 amide bonds. The maximum atomic E-state index is 13.0. The van der Waals surface area contributed by atoms with Crippen molar-refractivity contribution < 1.29 is 4.79 Å². The van der Waals surface area contributed by atoms with E-state index in [-0.39, 0.29) is 11.9 Å². The first-order chi connectivity index (χ1) is 18.5. The molecule has 38 heavy (non-hydrogen) atoms. The molecule has 4 nitrogen and oxygen atoms in total. The van der Waals surface area contributed by atoms with Crippen LogP contribution in [0.25, 0.3) is 11.0 Å². The number of aryl methyl sites for hydroxylation is 3. The van der Waals surface area contributed by atoms with Gasteiger partial charge in [0, 0.05) is 12.1 Å². The molecule has 0 aliphatic carbocycles. The number of benzene rings is 2. The fourth-order valence-corrected chi connectivity index (χ4v) is 5.53. The Morgan fingerprint density at radius 1 is 0.816 bits per heavy atom. The Bertz CT molecular complexity index is 1120. The number of carbonyl (C=O) groups is 1. The summed E-state index contributed by atoms with van der Waals surface area (Å²) in [5.74, 6) is 0.907. The van der Waals surface area contributed by atoms with E-state index in [1.165, 1.54) is 89.0 Å². The third-order valence-electron chi connectivity index (χ3n) is 7.78. The molecular formula is C34H51N3O. The molecule has 1 unspecified atom stereocenters. The van der Waals surface area contributed by atoms with Crippen LogP contribution >= 0.6 is 0 Å². The second-order valence-corrected chi connectivity index (χ2v) is 11.2. The Balaban J connectivity index is 1.43. The topological polar surface area (TPSA) is 46.9 Å². The van der Waals surface area contributed by atoms with Gasteiger partial charge in [-0.05, 0) is 51.0 Å². The first-order valence-corrected chi connectivity index (χ1v) is 15.3. The van der Waals surface area contributed by atoms with Crippen LogP contribution in [0.4, 0.5) is 0 Å². The summed E-state index contributed by atoms with van der Waals surface area (Å²) in [4.78, 5) is 18.0. The highest BCUT2D eigenvalue weighted by Crippen LogP contribution is 2.23. The number of rotatable bonds is 18. The van der Waals surface area contributed by atoms with Gasteiger partial charge in [0.15, 0.2) is 0 Å². The Morgan fingerprint density at radius 2 is 1.39 bits per heavy atom. The minimum Gasteiger partial charge on any atom is -0.342 e. The molecule has 208 valence electrons. The van der Waals surface area contributed by atoms with Crippen molar-refractivity contribution in [3.8, 4) is 0 Å². The molecule has 0 aliphatic rings. The fraction of sp³-hybridized carbons (Fsp3) is 0.588. The lowest BCUT2D eigenvalue weighted by atomic mass is 10.0. The number of hydrogen-bond acceptors (Lipinski definition) is 2.